The van der Waals surface area contributed by atoms with E-state index in [4.69, 9.17) is 4.42 Å². The second-order valence-electron chi connectivity index (χ2n) is 4.05. The Hall–Kier alpha value is -1.11. The van der Waals surface area contributed by atoms with Gasteiger partial charge in [0.15, 0.2) is 0 Å². The lowest BCUT2D eigenvalue weighted by atomic mass is 10.3. The average molecular weight is 272 g/mol. The molecule has 6 heteroatoms. The van der Waals surface area contributed by atoms with Gasteiger partial charge in [0.25, 0.3) is 10.0 Å². The minimum absolute atomic E-state index is 0.0497. The van der Waals surface area contributed by atoms with Crippen LogP contribution in [0.3, 0.4) is 0 Å². The van der Waals surface area contributed by atoms with E-state index in [1.54, 1.807) is 19.1 Å². The molecule has 0 amide bonds. The van der Waals surface area contributed by atoms with Gasteiger partial charge in [-0.15, -0.1) is 6.58 Å². The largest absolute Gasteiger partial charge is 0.447 e. The SMILES string of the molecule is C=CCC(C)NS(=O)(=O)c1ccc(CNCC)o1. The van der Waals surface area contributed by atoms with Crippen molar-refractivity contribution in [3.05, 3.63) is 30.5 Å². The number of nitrogens with one attached hydrogen (secondary N) is 2. The van der Waals surface area contributed by atoms with Gasteiger partial charge in [-0.1, -0.05) is 13.0 Å². The van der Waals surface area contributed by atoms with Crippen LogP contribution >= 0.6 is 0 Å². The van der Waals surface area contributed by atoms with Gasteiger partial charge in [0, 0.05) is 6.04 Å². The van der Waals surface area contributed by atoms with Crippen LogP contribution in [0.25, 0.3) is 0 Å². The smallest absolute Gasteiger partial charge is 0.274 e. The molecule has 1 rings (SSSR count). The van der Waals surface area contributed by atoms with Crippen molar-refractivity contribution in [3.63, 3.8) is 0 Å². The fraction of sp³-hybridized carbons (Fsp3) is 0.500. The van der Waals surface area contributed by atoms with E-state index in [0.29, 0.717) is 18.7 Å². The van der Waals surface area contributed by atoms with Crippen molar-refractivity contribution in [2.24, 2.45) is 0 Å². The van der Waals surface area contributed by atoms with Crippen LogP contribution in [0.1, 0.15) is 26.0 Å². The Labute approximate surface area is 108 Å². The molecule has 0 radical (unpaired) electrons. The Balaban J connectivity index is 2.72. The van der Waals surface area contributed by atoms with E-state index in [0.717, 1.165) is 6.54 Å². The van der Waals surface area contributed by atoms with E-state index in [9.17, 15) is 8.42 Å². The van der Waals surface area contributed by atoms with E-state index >= 15 is 0 Å². The maximum atomic E-state index is 11.9. The lowest BCUT2D eigenvalue weighted by Gasteiger charge is -2.10. The Bertz CT molecular complexity index is 479. The summed E-state index contributed by atoms with van der Waals surface area (Å²) in [6, 6.07) is 2.93. The van der Waals surface area contributed by atoms with E-state index < -0.39 is 10.0 Å². The summed E-state index contributed by atoms with van der Waals surface area (Å²) in [6.45, 7) is 8.65. The molecule has 102 valence electrons. The number of rotatable bonds is 8. The molecule has 1 aromatic heterocycles. The van der Waals surface area contributed by atoms with Gasteiger partial charge in [-0.3, -0.25) is 0 Å². The van der Waals surface area contributed by atoms with Gasteiger partial charge in [-0.2, -0.15) is 0 Å². The molecule has 0 saturated heterocycles. The van der Waals surface area contributed by atoms with Gasteiger partial charge < -0.3 is 9.73 Å². The summed E-state index contributed by atoms with van der Waals surface area (Å²) in [7, 11) is -3.58. The summed E-state index contributed by atoms with van der Waals surface area (Å²) in [5.74, 6) is 0.605. The molecule has 1 atom stereocenters. The van der Waals surface area contributed by atoms with E-state index in [2.05, 4.69) is 16.6 Å². The van der Waals surface area contributed by atoms with Crippen LogP contribution < -0.4 is 10.0 Å². The summed E-state index contributed by atoms with van der Waals surface area (Å²) in [6.07, 6.45) is 2.25. The van der Waals surface area contributed by atoms with Crippen LogP contribution in [0.5, 0.6) is 0 Å². The summed E-state index contributed by atoms with van der Waals surface area (Å²) >= 11 is 0. The summed E-state index contributed by atoms with van der Waals surface area (Å²) < 4.78 is 31.7. The Morgan fingerprint density at radius 2 is 2.22 bits per heavy atom. The Morgan fingerprint density at radius 3 is 2.83 bits per heavy atom. The van der Waals surface area contributed by atoms with Crippen molar-refractivity contribution in [3.8, 4) is 0 Å². The first-order valence-electron chi connectivity index (χ1n) is 5.92. The number of hydrogen-bond donors (Lipinski definition) is 2. The maximum absolute atomic E-state index is 11.9. The Morgan fingerprint density at radius 1 is 1.50 bits per heavy atom. The average Bonchev–Trinajstić information content (AvgIpc) is 2.75. The quantitative estimate of drug-likeness (QED) is 0.706. The van der Waals surface area contributed by atoms with Crippen molar-refractivity contribution in [2.75, 3.05) is 6.54 Å². The highest BCUT2D eigenvalue weighted by Crippen LogP contribution is 2.14. The molecule has 2 N–H and O–H groups in total. The van der Waals surface area contributed by atoms with Crippen molar-refractivity contribution >= 4 is 10.0 Å². The molecule has 1 unspecified atom stereocenters. The molecule has 0 aliphatic rings. The third-order valence-corrected chi connectivity index (χ3v) is 3.79. The zero-order chi connectivity index (χ0) is 13.6. The first-order chi connectivity index (χ1) is 8.49. The maximum Gasteiger partial charge on any atom is 0.274 e. The van der Waals surface area contributed by atoms with Crippen LogP contribution in [-0.4, -0.2) is 21.0 Å². The minimum Gasteiger partial charge on any atom is -0.447 e. The number of furan rings is 1. The number of sulfonamides is 1. The summed E-state index contributed by atoms with van der Waals surface area (Å²) in [4.78, 5) is 0. The molecule has 1 aromatic rings. The molecule has 5 nitrogen and oxygen atoms in total. The lowest BCUT2D eigenvalue weighted by Crippen LogP contribution is -2.31. The summed E-state index contributed by atoms with van der Waals surface area (Å²) in [5.41, 5.74) is 0. The van der Waals surface area contributed by atoms with Crippen LogP contribution in [0.15, 0.2) is 34.3 Å². The molecule has 0 aliphatic carbocycles. The van der Waals surface area contributed by atoms with Gasteiger partial charge >= 0.3 is 0 Å². The Kier molecular flexibility index (Phi) is 5.58. The normalized spacial score (nSPS) is 13.4. The van der Waals surface area contributed by atoms with Gasteiger partial charge in [0.05, 0.1) is 6.54 Å². The molecule has 0 fully saturated rings. The van der Waals surface area contributed by atoms with E-state index in [1.165, 1.54) is 6.07 Å². The van der Waals surface area contributed by atoms with Crippen LogP contribution in [0, 0.1) is 0 Å². The van der Waals surface area contributed by atoms with Gasteiger partial charge in [-0.25, -0.2) is 13.1 Å². The highest BCUT2D eigenvalue weighted by Gasteiger charge is 2.20. The minimum atomic E-state index is -3.58. The molecular formula is C12H20N2O3S. The van der Waals surface area contributed by atoms with Gasteiger partial charge in [-0.05, 0) is 32.0 Å². The predicted octanol–water partition coefficient (Wildman–Crippen LogP) is 1.63. The monoisotopic (exact) mass is 272 g/mol. The zero-order valence-electron chi connectivity index (χ0n) is 10.8. The molecule has 1 heterocycles. The van der Waals surface area contributed by atoms with Crippen LogP contribution in [-0.2, 0) is 16.6 Å². The van der Waals surface area contributed by atoms with Crippen molar-refractivity contribution in [1.82, 2.24) is 10.0 Å². The molecular weight excluding hydrogens is 252 g/mol. The van der Waals surface area contributed by atoms with Crippen LogP contribution in [0.2, 0.25) is 0 Å². The first-order valence-corrected chi connectivity index (χ1v) is 7.40. The highest BCUT2D eigenvalue weighted by molar-refractivity contribution is 7.89. The molecule has 0 aliphatic heterocycles. The second kappa shape index (κ2) is 6.72. The molecule has 0 saturated carbocycles. The van der Waals surface area contributed by atoms with Crippen LogP contribution in [0.4, 0.5) is 0 Å². The van der Waals surface area contributed by atoms with E-state index in [1.807, 2.05) is 6.92 Å². The standard InChI is InChI=1S/C12H20N2O3S/c1-4-6-10(3)14-18(15,16)12-8-7-11(17-12)9-13-5-2/h4,7-8,10,13-14H,1,5-6,9H2,2-3H3. The molecule has 0 aromatic carbocycles. The highest BCUT2D eigenvalue weighted by atomic mass is 32.2. The van der Waals surface area contributed by atoms with Crippen molar-refractivity contribution in [1.29, 1.82) is 0 Å². The fourth-order valence-corrected chi connectivity index (χ4v) is 2.67. The number of hydrogen-bond acceptors (Lipinski definition) is 4. The molecule has 18 heavy (non-hydrogen) atoms. The zero-order valence-corrected chi connectivity index (χ0v) is 11.6. The summed E-state index contributed by atoms with van der Waals surface area (Å²) in [5, 5.41) is 3.02. The van der Waals surface area contributed by atoms with Gasteiger partial charge in [0.1, 0.15) is 5.76 Å². The third kappa shape index (κ3) is 4.29. The topological polar surface area (TPSA) is 71.3 Å². The lowest BCUT2D eigenvalue weighted by molar-refractivity contribution is 0.399. The third-order valence-electron chi connectivity index (χ3n) is 2.33. The van der Waals surface area contributed by atoms with Crippen molar-refractivity contribution in [2.45, 2.75) is 37.9 Å². The predicted molar refractivity (Wildman–Crippen MR) is 70.7 cm³/mol. The van der Waals surface area contributed by atoms with Crippen molar-refractivity contribution < 1.29 is 12.8 Å². The van der Waals surface area contributed by atoms with E-state index in [-0.39, 0.29) is 11.1 Å². The second-order valence-corrected chi connectivity index (χ2v) is 5.69. The molecule has 0 spiro atoms. The fourth-order valence-electron chi connectivity index (χ4n) is 1.47. The first kappa shape index (κ1) is 14.9. The molecule has 0 bridgehead atoms. The van der Waals surface area contributed by atoms with Gasteiger partial charge in [0.2, 0.25) is 5.09 Å².